The van der Waals surface area contributed by atoms with Gasteiger partial charge in [-0.15, -0.1) is 0 Å². The molecule has 2 heterocycles. The molecule has 0 spiro atoms. The van der Waals surface area contributed by atoms with Crippen molar-refractivity contribution in [2.24, 2.45) is 0 Å². The summed E-state index contributed by atoms with van der Waals surface area (Å²) in [6.45, 7) is 0.866. The van der Waals surface area contributed by atoms with Crippen molar-refractivity contribution >= 4 is 17.8 Å². The van der Waals surface area contributed by atoms with Gasteiger partial charge in [0.2, 0.25) is 0 Å². The lowest BCUT2D eigenvalue weighted by molar-refractivity contribution is -0.245. The lowest BCUT2D eigenvalue weighted by atomic mass is 9.98. The number of urea groups is 1. The Kier molecular flexibility index (Phi) is 10.7. The average molecular weight is 633 g/mol. The second kappa shape index (κ2) is 15.6. The van der Waals surface area contributed by atoms with E-state index in [1.807, 2.05) is 84.9 Å². The maximum absolute atomic E-state index is 12.5. The molecule has 1 saturated heterocycles. The van der Waals surface area contributed by atoms with Gasteiger partial charge < -0.3 is 25.2 Å². The summed E-state index contributed by atoms with van der Waals surface area (Å²) in [5.74, 6) is 0.687. The minimum Gasteiger partial charge on any atom is -0.392 e. The normalized spacial score (nSPS) is 17.7. The number of aromatic nitrogens is 2. The molecule has 6 rings (SSSR count). The highest BCUT2D eigenvalue weighted by molar-refractivity contribution is 7.99. The van der Waals surface area contributed by atoms with Crippen molar-refractivity contribution in [3.63, 3.8) is 0 Å². The van der Waals surface area contributed by atoms with Crippen LogP contribution in [0.15, 0.2) is 127 Å². The van der Waals surface area contributed by atoms with Gasteiger partial charge in [-0.1, -0.05) is 115 Å². The topological polar surface area (TPSA) is 106 Å². The maximum Gasteiger partial charge on any atom is 0.315 e. The Labute approximate surface area is 273 Å². The molecule has 1 aliphatic rings. The van der Waals surface area contributed by atoms with E-state index < -0.39 is 6.29 Å². The van der Waals surface area contributed by atoms with E-state index in [0.717, 1.165) is 38.9 Å². The van der Waals surface area contributed by atoms with Gasteiger partial charge in [0.25, 0.3) is 0 Å². The molecule has 0 aliphatic carbocycles. The molecule has 4 aromatic carbocycles. The summed E-state index contributed by atoms with van der Waals surface area (Å²) in [7, 11) is 0. The largest absolute Gasteiger partial charge is 0.392 e. The van der Waals surface area contributed by atoms with E-state index in [1.54, 1.807) is 30.2 Å². The number of hydrogen-bond acceptors (Lipinski definition) is 7. The quantitative estimate of drug-likeness (QED) is 0.107. The van der Waals surface area contributed by atoms with Crippen LogP contribution >= 0.6 is 11.8 Å². The summed E-state index contributed by atoms with van der Waals surface area (Å²) in [5, 5.41) is 16.1. The fourth-order valence-corrected chi connectivity index (χ4v) is 6.16. The van der Waals surface area contributed by atoms with Gasteiger partial charge in [-0.3, -0.25) is 0 Å². The van der Waals surface area contributed by atoms with Gasteiger partial charge >= 0.3 is 6.03 Å². The summed E-state index contributed by atoms with van der Waals surface area (Å²) in [5.41, 5.74) is 6.96. The van der Waals surface area contributed by atoms with E-state index in [4.69, 9.17) is 9.47 Å². The Balaban J connectivity index is 1.14. The molecule has 0 unspecified atom stereocenters. The van der Waals surface area contributed by atoms with Crippen molar-refractivity contribution in [1.29, 1.82) is 0 Å². The standard InChI is InChI=1S/C37H36N4O4S/c42-24-27-11-13-29(14-12-27)34-21-32(25-46-37-38-19-6-20-39-37)44-35(45-34)30-17-15-28(16-18-30)33-10-5-4-9-31(33)23-41-36(43)40-22-26-7-2-1-3-8-26/h1-20,32,34-35,42H,21-25H2,(H2,40,41,43)/t32-,34+,35+/m1/s1. The number of thioether (sulfide) groups is 1. The van der Waals surface area contributed by atoms with Crippen LogP contribution < -0.4 is 10.6 Å². The van der Waals surface area contributed by atoms with Crippen LogP contribution in [0.2, 0.25) is 0 Å². The molecule has 0 bridgehead atoms. The van der Waals surface area contributed by atoms with E-state index in [1.165, 1.54) is 0 Å². The number of nitrogens with one attached hydrogen (secondary N) is 2. The fraction of sp³-hybridized carbons (Fsp3) is 0.216. The number of aliphatic hydroxyl groups is 1. The van der Waals surface area contributed by atoms with Gasteiger partial charge in [0, 0.05) is 43.2 Å². The lowest BCUT2D eigenvalue weighted by Crippen LogP contribution is -2.34. The first-order valence-electron chi connectivity index (χ1n) is 15.3. The SMILES string of the molecule is O=C(NCc1ccccc1)NCc1ccccc1-c1ccc([C@H]2O[C@@H](CSc3ncccn3)C[C@@H](c3ccc(CO)cc3)O2)cc1. The number of amides is 2. The molecule has 2 amide bonds. The number of hydrogen-bond donors (Lipinski definition) is 3. The van der Waals surface area contributed by atoms with E-state index in [0.29, 0.717) is 30.4 Å². The van der Waals surface area contributed by atoms with Crippen LogP contribution in [0.4, 0.5) is 4.79 Å². The summed E-state index contributed by atoms with van der Waals surface area (Å²) in [4.78, 5) is 21.2. The van der Waals surface area contributed by atoms with Gasteiger partial charge in [0.1, 0.15) is 0 Å². The second-order valence-corrected chi connectivity index (χ2v) is 12.0. The van der Waals surface area contributed by atoms with Crippen LogP contribution in [-0.2, 0) is 29.2 Å². The first kappa shape index (κ1) is 31.4. The number of carbonyl (C=O) groups is 1. The number of benzene rings is 4. The van der Waals surface area contributed by atoms with Crippen molar-refractivity contribution in [3.8, 4) is 11.1 Å². The van der Waals surface area contributed by atoms with E-state index in [2.05, 4.69) is 38.8 Å². The van der Waals surface area contributed by atoms with Crippen LogP contribution in [-0.4, -0.2) is 33.0 Å². The molecule has 5 aromatic rings. The molecule has 1 aromatic heterocycles. The van der Waals surface area contributed by atoms with Crippen LogP contribution in [0.5, 0.6) is 0 Å². The first-order chi connectivity index (χ1) is 22.6. The van der Waals surface area contributed by atoms with E-state index >= 15 is 0 Å². The Hall–Kier alpha value is -4.54. The van der Waals surface area contributed by atoms with Crippen molar-refractivity contribution in [3.05, 3.63) is 149 Å². The van der Waals surface area contributed by atoms with E-state index in [9.17, 15) is 9.90 Å². The fourth-order valence-electron chi connectivity index (χ4n) is 5.34. The van der Waals surface area contributed by atoms with Crippen molar-refractivity contribution in [2.45, 2.75) is 49.8 Å². The number of nitrogens with zero attached hydrogens (tertiary/aromatic N) is 2. The molecule has 1 aliphatic heterocycles. The average Bonchev–Trinajstić information content (AvgIpc) is 3.13. The molecule has 234 valence electrons. The van der Waals surface area contributed by atoms with Crippen molar-refractivity contribution in [2.75, 3.05) is 5.75 Å². The Morgan fingerprint density at radius 1 is 0.761 bits per heavy atom. The lowest BCUT2D eigenvalue weighted by Gasteiger charge is -2.36. The molecule has 0 saturated carbocycles. The maximum atomic E-state index is 12.5. The minimum absolute atomic E-state index is 0.000869. The summed E-state index contributed by atoms with van der Waals surface area (Å²) in [6.07, 6.45) is 3.35. The molecule has 9 heteroatoms. The van der Waals surface area contributed by atoms with Crippen molar-refractivity contribution < 1.29 is 19.4 Å². The molecule has 1 fully saturated rings. The number of aliphatic hydroxyl groups excluding tert-OH is 1. The Bertz CT molecular complexity index is 1690. The number of ether oxygens (including phenoxy) is 2. The van der Waals surface area contributed by atoms with Crippen LogP contribution in [0, 0.1) is 0 Å². The minimum atomic E-state index is -0.558. The van der Waals surface area contributed by atoms with E-state index in [-0.39, 0.29) is 24.8 Å². The van der Waals surface area contributed by atoms with Crippen LogP contribution in [0.1, 0.15) is 46.6 Å². The molecule has 8 nitrogen and oxygen atoms in total. The molecule has 3 N–H and O–H groups in total. The highest BCUT2D eigenvalue weighted by atomic mass is 32.2. The monoisotopic (exact) mass is 632 g/mol. The summed E-state index contributed by atoms with van der Waals surface area (Å²) >= 11 is 1.57. The zero-order valence-electron chi connectivity index (χ0n) is 25.3. The zero-order valence-corrected chi connectivity index (χ0v) is 26.1. The van der Waals surface area contributed by atoms with Crippen LogP contribution in [0.3, 0.4) is 0 Å². The second-order valence-electron chi connectivity index (χ2n) is 11.0. The molecule has 0 radical (unpaired) electrons. The highest BCUT2D eigenvalue weighted by Gasteiger charge is 2.32. The van der Waals surface area contributed by atoms with Gasteiger partial charge in [0.05, 0.1) is 18.8 Å². The van der Waals surface area contributed by atoms with Crippen molar-refractivity contribution in [1.82, 2.24) is 20.6 Å². The summed E-state index contributed by atoms with van der Waals surface area (Å²) < 4.78 is 13.0. The zero-order chi connectivity index (χ0) is 31.6. The summed E-state index contributed by atoms with van der Waals surface area (Å²) in [6, 6.07) is 35.6. The van der Waals surface area contributed by atoms with Gasteiger partial charge in [0.15, 0.2) is 11.4 Å². The van der Waals surface area contributed by atoms with Crippen LogP contribution in [0.25, 0.3) is 11.1 Å². The third-order valence-corrected chi connectivity index (χ3v) is 8.81. The predicted octanol–water partition coefficient (Wildman–Crippen LogP) is 6.97. The smallest absolute Gasteiger partial charge is 0.315 e. The highest BCUT2D eigenvalue weighted by Crippen LogP contribution is 2.39. The molecular formula is C37H36N4O4S. The molecular weight excluding hydrogens is 596 g/mol. The van der Waals surface area contributed by atoms with Gasteiger partial charge in [-0.05, 0) is 39.4 Å². The first-order valence-corrected chi connectivity index (χ1v) is 16.3. The Morgan fingerprint density at radius 3 is 2.22 bits per heavy atom. The number of rotatable bonds is 11. The Morgan fingerprint density at radius 2 is 1.46 bits per heavy atom. The molecule has 46 heavy (non-hydrogen) atoms. The third-order valence-electron chi connectivity index (χ3n) is 7.80. The van der Waals surface area contributed by atoms with Gasteiger partial charge in [-0.25, -0.2) is 14.8 Å². The molecule has 3 atom stereocenters. The number of carbonyl (C=O) groups excluding carboxylic acids is 1. The van der Waals surface area contributed by atoms with Gasteiger partial charge in [-0.2, -0.15) is 0 Å². The predicted molar refractivity (Wildman–Crippen MR) is 179 cm³/mol. The third kappa shape index (κ3) is 8.38.